The van der Waals surface area contributed by atoms with Crippen molar-refractivity contribution in [3.05, 3.63) is 30.1 Å². The summed E-state index contributed by atoms with van der Waals surface area (Å²) in [6.45, 7) is 1.85. The molecule has 1 rings (SSSR count). The lowest BCUT2D eigenvalue weighted by molar-refractivity contribution is -0.154. The first-order chi connectivity index (χ1) is 11.8. The minimum absolute atomic E-state index is 0.0718. The van der Waals surface area contributed by atoms with Crippen LogP contribution in [0.25, 0.3) is 0 Å². The number of rotatable bonds is 8. The van der Waals surface area contributed by atoms with Gasteiger partial charge in [-0.15, -0.1) is 0 Å². The number of nitrogens with zero attached hydrogens (tertiary/aromatic N) is 1. The number of hydrogen-bond acceptors (Lipinski definition) is 7. The van der Waals surface area contributed by atoms with E-state index in [1.54, 1.807) is 13.8 Å². The largest absolute Gasteiger partial charge is 0.468 e. The van der Waals surface area contributed by atoms with Crippen molar-refractivity contribution in [2.24, 2.45) is 0 Å². The van der Waals surface area contributed by atoms with Crippen LogP contribution in [-0.2, 0) is 19.1 Å². The van der Waals surface area contributed by atoms with Gasteiger partial charge in [0.2, 0.25) is 5.88 Å². The lowest BCUT2D eigenvalue weighted by atomic mass is 10.3. The number of aromatic nitrogens is 1. The van der Waals surface area contributed by atoms with E-state index in [0.717, 1.165) is 6.20 Å². The molecule has 0 aliphatic carbocycles. The Morgan fingerprint density at radius 3 is 2.20 bits per heavy atom. The zero-order valence-corrected chi connectivity index (χ0v) is 13.6. The van der Waals surface area contributed by atoms with Crippen LogP contribution in [0.2, 0.25) is 0 Å². The minimum Gasteiger partial charge on any atom is -0.468 e. The maximum Gasteiger partial charge on any atom is 0.422 e. The molecule has 0 aromatic carbocycles. The molecule has 0 bridgehead atoms. The third-order valence-electron chi connectivity index (χ3n) is 2.49. The second-order valence-electron chi connectivity index (χ2n) is 4.43. The Kier molecular flexibility index (Phi) is 7.70. The third kappa shape index (κ3) is 7.55. The molecule has 1 aromatic rings. The highest BCUT2D eigenvalue weighted by molar-refractivity contribution is 6.14. The summed E-state index contributed by atoms with van der Waals surface area (Å²) >= 11 is 0. The molecule has 0 unspecified atom stereocenters. The molecule has 1 N–H and O–H groups in total. The number of nitrogens with one attached hydrogen (secondary N) is 1. The fourth-order valence-electron chi connectivity index (χ4n) is 1.48. The average Bonchev–Trinajstić information content (AvgIpc) is 2.54. The van der Waals surface area contributed by atoms with E-state index in [9.17, 15) is 22.8 Å². The summed E-state index contributed by atoms with van der Waals surface area (Å²) in [5.74, 6) is -1.96. The Balaban J connectivity index is 2.78. The minimum atomic E-state index is -4.46. The van der Waals surface area contributed by atoms with Crippen molar-refractivity contribution >= 4 is 17.6 Å². The van der Waals surface area contributed by atoms with Gasteiger partial charge in [0.1, 0.15) is 0 Å². The van der Waals surface area contributed by atoms with Gasteiger partial charge in [0.15, 0.2) is 12.2 Å². The van der Waals surface area contributed by atoms with Crippen molar-refractivity contribution in [3.8, 4) is 5.88 Å². The first kappa shape index (κ1) is 20.3. The second-order valence-corrected chi connectivity index (χ2v) is 4.43. The predicted molar refractivity (Wildman–Crippen MR) is 80.8 cm³/mol. The lowest BCUT2D eigenvalue weighted by Gasteiger charge is -2.09. The molecule has 0 spiro atoms. The highest BCUT2D eigenvalue weighted by atomic mass is 19.4. The van der Waals surface area contributed by atoms with Gasteiger partial charge in [-0.3, -0.25) is 0 Å². The van der Waals surface area contributed by atoms with E-state index in [-0.39, 0.29) is 24.7 Å². The van der Waals surface area contributed by atoms with Crippen LogP contribution in [0.4, 0.5) is 18.9 Å². The summed E-state index contributed by atoms with van der Waals surface area (Å²) in [5, 5.41) is 2.62. The lowest BCUT2D eigenvalue weighted by Crippen LogP contribution is -2.20. The number of carbonyl (C=O) groups excluding carboxylic acids is 2. The monoisotopic (exact) mass is 362 g/mol. The molecule has 0 radical (unpaired) electrons. The normalized spacial score (nSPS) is 10.6. The highest BCUT2D eigenvalue weighted by Gasteiger charge is 2.28. The third-order valence-corrected chi connectivity index (χ3v) is 2.49. The van der Waals surface area contributed by atoms with E-state index in [1.165, 1.54) is 18.3 Å². The van der Waals surface area contributed by atoms with Crippen molar-refractivity contribution in [2.75, 3.05) is 25.1 Å². The molecule has 7 nitrogen and oxygen atoms in total. The van der Waals surface area contributed by atoms with Crippen LogP contribution >= 0.6 is 0 Å². The molecular weight excluding hydrogens is 345 g/mol. The quantitative estimate of drug-likeness (QED) is 0.329. The standard InChI is InChI=1S/C15H17F3N2O5/c1-3-23-13(21)11(14(22)24-4-2)8-19-10-5-6-12(20-7-10)25-9-15(16,17)18/h5-8,19H,3-4,9H2,1-2H3. The van der Waals surface area contributed by atoms with Gasteiger partial charge in [-0.1, -0.05) is 0 Å². The van der Waals surface area contributed by atoms with Gasteiger partial charge < -0.3 is 19.5 Å². The molecule has 25 heavy (non-hydrogen) atoms. The Bertz CT molecular complexity index is 595. The Labute approximate surface area is 141 Å². The maximum absolute atomic E-state index is 12.0. The van der Waals surface area contributed by atoms with Crippen LogP contribution in [-0.4, -0.2) is 42.9 Å². The van der Waals surface area contributed by atoms with Gasteiger partial charge in [0.05, 0.1) is 25.1 Å². The van der Waals surface area contributed by atoms with Crippen molar-refractivity contribution in [1.82, 2.24) is 4.98 Å². The summed E-state index contributed by atoms with van der Waals surface area (Å²) < 4.78 is 50.1. The number of esters is 2. The molecular formula is C15H17F3N2O5. The predicted octanol–water partition coefficient (Wildman–Crippen LogP) is 2.44. The number of pyridine rings is 1. The summed E-state index contributed by atoms with van der Waals surface area (Å²) in [6.07, 6.45) is -2.21. The van der Waals surface area contributed by atoms with Crippen molar-refractivity contribution in [3.63, 3.8) is 0 Å². The Morgan fingerprint density at radius 1 is 1.16 bits per heavy atom. The van der Waals surface area contributed by atoms with Gasteiger partial charge in [-0.05, 0) is 19.9 Å². The fourth-order valence-corrected chi connectivity index (χ4v) is 1.48. The van der Waals surface area contributed by atoms with Crippen LogP contribution in [0.5, 0.6) is 5.88 Å². The van der Waals surface area contributed by atoms with Crippen molar-refractivity contribution in [2.45, 2.75) is 20.0 Å². The van der Waals surface area contributed by atoms with E-state index in [0.29, 0.717) is 5.69 Å². The van der Waals surface area contributed by atoms with E-state index >= 15 is 0 Å². The van der Waals surface area contributed by atoms with E-state index in [4.69, 9.17) is 9.47 Å². The van der Waals surface area contributed by atoms with Crippen LogP contribution in [0.3, 0.4) is 0 Å². The second kappa shape index (κ2) is 9.50. The fraction of sp³-hybridized carbons (Fsp3) is 0.400. The highest BCUT2D eigenvalue weighted by Crippen LogP contribution is 2.18. The van der Waals surface area contributed by atoms with Gasteiger partial charge in [-0.2, -0.15) is 13.2 Å². The van der Waals surface area contributed by atoms with E-state index < -0.39 is 24.7 Å². The number of anilines is 1. The van der Waals surface area contributed by atoms with Gasteiger partial charge in [-0.25, -0.2) is 14.6 Å². The first-order valence-electron chi connectivity index (χ1n) is 7.23. The van der Waals surface area contributed by atoms with Gasteiger partial charge in [0, 0.05) is 12.3 Å². The molecule has 0 saturated heterocycles. The molecule has 1 heterocycles. The number of ether oxygens (including phenoxy) is 3. The molecule has 1 aromatic heterocycles. The molecule has 0 saturated carbocycles. The number of hydrogen-bond donors (Lipinski definition) is 1. The molecule has 138 valence electrons. The molecule has 0 atom stereocenters. The van der Waals surface area contributed by atoms with E-state index in [2.05, 4.69) is 15.0 Å². The molecule has 0 fully saturated rings. The van der Waals surface area contributed by atoms with Crippen LogP contribution in [0.15, 0.2) is 30.1 Å². The smallest absolute Gasteiger partial charge is 0.422 e. The zero-order chi connectivity index (χ0) is 18.9. The number of alkyl halides is 3. The van der Waals surface area contributed by atoms with Crippen molar-refractivity contribution in [1.29, 1.82) is 0 Å². The first-order valence-corrected chi connectivity index (χ1v) is 7.23. The Morgan fingerprint density at radius 2 is 1.76 bits per heavy atom. The molecule has 0 aliphatic rings. The van der Waals surface area contributed by atoms with Crippen LogP contribution in [0.1, 0.15) is 13.8 Å². The van der Waals surface area contributed by atoms with Crippen LogP contribution < -0.4 is 10.1 Å². The van der Waals surface area contributed by atoms with E-state index in [1.807, 2.05) is 0 Å². The summed E-state index contributed by atoms with van der Waals surface area (Å²) in [5.41, 5.74) is -0.0495. The summed E-state index contributed by atoms with van der Waals surface area (Å²) in [4.78, 5) is 27.2. The maximum atomic E-state index is 12.0. The van der Waals surface area contributed by atoms with Crippen LogP contribution in [0, 0.1) is 0 Å². The topological polar surface area (TPSA) is 86.8 Å². The summed E-state index contributed by atoms with van der Waals surface area (Å²) in [7, 11) is 0. The molecule has 0 amide bonds. The number of halogens is 3. The SMILES string of the molecule is CCOC(=O)C(=CNc1ccc(OCC(F)(F)F)nc1)C(=O)OCC. The Hall–Kier alpha value is -2.78. The molecule has 0 aliphatic heterocycles. The molecule has 10 heteroatoms. The zero-order valence-electron chi connectivity index (χ0n) is 13.6. The van der Waals surface area contributed by atoms with Gasteiger partial charge >= 0.3 is 18.1 Å². The average molecular weight is 362 g/mol. The summed E-state index contributed by atoms with van der Waals surface area (Å²) in [6, 6.07) is 2.57. The number of carbonyl (C=O) groups is 2. The van der Waals surface area contributed by atoms with Crippen molar-refractivity contribution < 1.29 is 37.0 Å². The van der Waals surface area contributed by atoms with Gasteiger partial charge in [0.25, 0.3) is 0 Å².